The van der Waals surface area contributed by atoms with Crippen LogP contribution >= 0.6 is 0 Å². The zero-order valence-corrected chi connectivity index (χ0v) is 12.0. The van der Waals surface area contributed by atoms with E-state index in [4.69, 9.17) is 5.73 Å². The van der Waals surface area contributed by atoms with E-state index in [0.29, 0.717) is 12.0 Å². The van der Waals surface area contributed by atoms with E-state index in [1.807, 2.05) is 18.2 Å². The van der Waals surface area contributed by atoms with Crippen LogP contribution in [-0.2, 0) is 11.2 Å². The molecule has 108 valence electrons. The lowest BCUT2D eigenvalue weighted by Crippen LogP contribution is -2.45. The second kappa shape index (κ2) is 5.54. The summed E-state index contributed by atoms with van der Waals surface area (Å²) in [6.45, 7) is 3.88. The minimum absolute atomic E-state index is 0.0195. The van der Waals surface area contributed by atoms with Gasteiger partial charge in [0.15, 0.2) is 0 Å². The Morgan fingerprint density at radius 3 is 2.95 bits per heavy atom. The van der Waals surface area contributed by atoms with E-state index in [0.717, 1.165) is 38.0 Å². The molecule has 2 aliphatic heterocycles. The number of nitrogens with zero attached hydrogens (tertiary/aromatic N) is 1. The lowest BCUT2D eigenvalue weighted by molar-refractivity contribution is -0.121. The van der Waals surface area contributed by atoms with Crippen molar-refractivity contribution in [1.82, 2.24) is 4.90 Å². The maximum Gasteiger partial charge on any atom is 0.241 e. The van der Waals surface area contributed by atoms with Gasteiger partial charge in [-0.25, -0.2) is 0 Å². The Morgan fingerprint density at radius 1 is 1.40 bits per heavy atom. The number of anilines is 1. The molecule has 0 spiro atoms. The summed E-state index contributed by atoms with van der Waals surface area (Å²) >= 11 is 0. The summed E-state index contributed by atoms with van der Waals surface area (Å²) in [4.78, 5) is 14.9. The summed E-state index contributed by atoms with van der Waals surface area (Å²) < 4.78 is 0. The topological polar surface area (TPSA) is 58.4 Å². The molecule has 3 unspecified atom stereocenters. The van der Waals surface area contributed by atoms with E-state index in [1.165, 1.54) is 5.56 Å². The van der Waals surface area contributed by atoms with E-state index < -0.39 is 0 Å². The molecule has 0 radical (unpaired) electrons. The smallest absolute Gasteiger partial charge is 0.241 e. The molecule has 4 heteroatoms. The fraction of sp³-hybridized carbons (Fsp3) is 0.562. The molecule has 2 aliphatic rings. The monoisotopic (exact) mass is 273 g/mol. The first kappa shape index (κ1) is 13.6. The van der Waals surface area contributed by atoms with Gasteiger partial charge in [-0.05, 0) is 50.3 Å². The van der Waals surface area contributed by atoms with Crippen molar-refractivity contribution >= 4 is 11.6 Å². The molecule has 1 amide bonds. The van der Waals surface area contributed by atoms with Crippen molar-refractivity contribution in [2.75, 3.05) is 18.4 Å². The first-order valence-corrected chi connectivity index (χ1v) is 7.53. The van der Waals surface area contributed by atoms with Crippen LogP contribution in [0.2, 0.25) is 0 Å². The number of carbonyl (C=O) groups is 1. The molecule has 1 aromatic rings. The first-order chi connectivity index (χ1) is 9.69. The van der Waals surface area contributed by atoms with Gasteiger partial charge in [-0.1, -0.05) is 18.2 Å². The highest BCUT2D eigenvalue weighted by molar-refractivity contribution is 5.96. The van der Waals surface area contributed by atoms with Crippen LogP contribution in [0.4, 0.5) is 5.69 Å². The minimum atomic E-state index is -0.0195. The summed E-state index contributed by atoms with van der Waals surface area (Å²) in [5, 5.41) is 3.09. The molecule has 0 aromatic heterocycles. The third-order valence-corrected chi connectivity index (χ3v) is 4.71. The lowest BCUT2D eigenvalue weighted by Gasteiger charge is -2.29. The number of aryl methyl sites for hydroxylation is 1. The van der Waals surface area contributed by atoms with Gasteiger partial charge in [0.2, 0.25) is 5.91 Å². The molecule has 3 rings (SSSR count). The highest BCUT2D eigenvalue weighted by Gasteiger charge is 2.37. The molecule has 3 N–H and O–H groups in total. The van der Waals surface area contributed by atoms with E-state index in [1.54, 1.807) is 0 Å². The number of benzene rings is 1. The fourth-order valence-corrected chi connectivity index (χ4v) is 3.59. The van der Waals surface area contributed by atoms with Crippen molar-refractivity contribution in [1.29, 1.82) is 0 Å². The number of likely N-dealkylation sites (tertiary alicyclic amines) is 1. The van der Waals surface area contributed by atoms with E-state index in [-0.39, 0.29) is 11.9 Å². The third kappa shape index (κ3) is 2.45. The number of rotatable bonds is 2. The van der Waals surface area contributed by atoms with Crippen molar-refractivity contribution in [2.24, 2.45) is 11.7 Å². The largest absolute Gasteiger partial charge is 0.330 e. The Hall–Kier alpha value is -1.39. The quantitative estimate of drug-likeness (QED) is 0.860. The van der Waals surface area contributed by atoms with Crippen LogP contribution in [0.5, 0.6) is 0 Å². The van der Waals surface area contributed by atoms with Gasteiger partial charge in [0.1, 0.15) is 0 Å². The van der Waals surface area contributed by atoms with Crippen LogP contribution < -0.4 is 11.1 Å². The highest BCUT2D eigenvalue weighted by Crippen LogP contribution is 2.29. The van der Waals surface area contributed by atoms with Crippen molar-refractivity contribution in [3.05, 3.63) is 29.8 Å². The summed E-state index contributed by atoms with van der Waals surface area (Å²) in [6, 6.07) is 8.53. The molecule has 2 heterocycles. The Bertz CT molecular complexity index is 502. The van der Waals surface area contributed by atoms with Gasteiger partial charge in [0.25, 0.3) is 0 Å². The van der Waals surface area contributed by atoms with Crippen molar-refractivity contribution in [3.8, 4) is 0 Å². The molecule has 3 atom stereocenters. The van der Waals surface area contributed by atoms with Gasteiger partial charge >= 0.3 is 0 Å². The van der Waals surface area contributed by atoms with Crippen LogP contribution in [-0.4, -0.2) is 36.0 Å². The van der Waals surface area contributed by atoms with Crippen LogP contribution in [0, 0.1) is 5.92 Å². The minimum Gasteiger partial charge on any atom is -0.330 e. The molecule has 4 nitrogen and oxygen atoms in total. The van der Waals surface area contributed by atoms with E-state index in [9.17, 15) is 4.79 Å². The summed E-state index contributed by atoms with van der Waals surface area (Å²) in [7, 11) is 0. The van der Waals surface area contributed by atoms with Crippen LogP contribution in [0.1, 0.15) is 25.3 Å². The number of para-hydroxylation sites is 1. The molecule has 1 saturated heterocycles. The summed E-state index contributed by atoms with van der Waals surface area (Å²) in [5.74, 6) is 0.669. The van der Waals surface area contributed by atoms with Crippen molar-refractivity contribution in [3.63, 3.8) is 0 Å². The number of amides is 1. The second-order valence-corrected chi connectivity index (χ2v) is 6.08. The van der Waals surface area contributed by atoms with Crippen LogP contribution in [0.3, 0.4) is 0 Å². The van der Waals surface area contributed by atoms with Gasteiger partial charge < -0.3 is 11.1 Å². The van der Waals surface area contributed by atoms with Crippen molar-refractivity contribution < 1.29 is 4.79 Å². The van der Waals surface area contributed by atoms with Crippen molar-refractivity contribution in [2.45, 2.75) is 38.3 Å². The summed E-state index contributed by atoms with van der Waals surface area (Å²) in [5.41, 5.74) is 8.01. The molecular weight excluding hydrogens is 250 g/mol. The lowest BCUT2D eigenvalue weighted by atomic mass is 10.0. The average Bonchev–Trinajstić information content (AvgIpc) is 2.73. The van der Waals surface area contributed by atoms with Gasteiger partial charge in [0, 0.05) is 18.3 Å². The Morgan fingerprint density at radius 2 is 2.20 bits per heavy atom. The zero-order chi connectivity index (χ0) is 14.1. The Balaban J connectivity index is 1.78. The van der Waals surface area contributed by atoms with E-state index >= 15 is 0 Å². The summed E-state index contributed by atoms with van der Waals surface area (Å²) in [6.07, 6.45) is 2.95. The third-order valence-electron chi connectivity index (χ3n) is 4.71. The Labute approximate surface area is 120 Å². The maximum absolute atomic E-state index is 12.5. The number of fused-ring (bicyclic) bond motifs is 1. The molecule has 0 saturated carbocycles. The van der Waals surface area contributed by atoms with Gasteiger partial charge in [-0.15, -0.1) is 0 Å². The van der Waals surface area contributed by atoms with Gasteiger partial charge in [-0.2, -0.15) is 0 Å². The van der Waals surface area contributed by atoms with Gasteiger partial charge in [0.05, 0.1) is 6.04 Å². The maximum atomic E-state index is 12.5. The number of nitrogens with one attached hydrogen (secondary N) is 1. The predicted molar refractivity (Wildman–Crippen MR) is 80.5 cm³/mol. The molecule has 0 bridgehead atoms. The molecule has 0 aliphatic carbocycles. The normalized spacial score (nSPS) is 30.7. The average molecular weight is 273 g/mol. The zero-order valence-electron chi connectivity index (χ0n) is 12.0. The Kier molecular flexibility index (Phi) is 3.76. The first-order valence-electron chi connectivity index (χ1n) is 7.53. The number of nitrogens with two attached hydrogens (primary N) is 1. The number of hydrogen-bond donors (Lipinski definition) is 2. The standard InChI is InChI=1S/C16H23N3O/c1-11-8-12(9-17)10-19(11)15-7-6-13-4-2-3-5-14(13)18-16(15)20/h2-5,11-12,15H,6-10,17H2,1H3,(H,18,20). The second-order valence-electron chi connectivity index (χ2n) is 6.08. The van der Waals surface area contributed by atoms with Crippen LogP contribution in [0.15, 0.2) is 24.3 Å². The van der Waals surface area contributed by atoms with E-state index in [2.05, 4.69) is 23.2 Å². The molecular formula is C16H23N3O. The molecule has 20 heavy (non-hydrogen) atoms. The number of hydrogen-bond acceptors (Lipinski definition) is 3. The highest BCUT2D eigenvalue weighted by atomic mass is 16.2. The fourth-order valence-electron chi connectivity index (χ4n) is 3.59. The SMILES string of the molecule is CC1CC(CN)CN1C1CCc2ccccc2NC1=O. The molecule has 1 fully saturated rings. The number of carbonyl (C=O) groups excluding carboxylic acids is 1. The molecule has 1 aromatic carbocycles. The van der Waals surface area contributed by atoms with Crippen LogP contribution in [0.25, 0.3) is 0 Å². The van der Waals surface area contributed by atoms with Gasteiger partial charge in [-0.3, -0.25) is 9.69 Å². The predicted octanol–water partition coefficient (Wildman–Crippen LogP) is 1.61.